The summed E-state index contributed by atoms with van der Waals surface area (Å²) >= 11 is 1.34. The second-order valence-corrected chi connectivity index (χ2v) is 13.2. The normalized spacial score (nSPS) is 23.3. The fourth-order valence-corrected chi connectivity index (χ4v) is 7.73. The van der Waals surface area contributed by atoms with Gasteiger partial charge in [-0.05, 0) is 56.0 Å². The van der Waals surface area contributed by atoms with E-state index in [2.05, 4.69) is 9.89 Å². The molecule has 0 spiro atoms. The predicted molar refractivity (Wildman–Crippen MR) is 158 cm³/mol. The number of hydrogen-bond donors (Lipinski definition) is 0. The van der Waals surface area contributed by atoms with E-state index < -0.39 is 10.0 Å². The first kappa shape index (κ1) is 27.9. The number of rotatable bonds is 5. The maximum Gasteiger partial charge on any atom is 0.286 e. The molecule has 2 fully saturated rings. The van der Waals surface area contributed by atoms with Gasteiger partial charge in [-0.25, -0.2) is 13.1 Å². The van der Waals surface area contributed by atoms with Crippen LogP contribution in [0.15, 0.2) is 75.6 Å². The number of carbonyl (C=O) groups is 1. The van der Waals surface area contributed by atoms with E-state index in [4.69, 9.17) is 14.6 Å². The molecule has 41 heavy (non-hydrogen) atoms. The molecule has 0 N–H and O–H groups in total. The molecule has 2 saturated heterocycles. The lowest BCUT2D eigenvalue weighted by molar-refractivity contribution is -0.113. The minimum absolute atomic E-state index is 0.188. The van der Waals surface area contributed by atoms with Gasteiger partial charge in [-0.15, -0.1) is 0 Å². The Hall–Kier alpha value is -3.29. The van der Waals surface area contributed by atoms with Crippen LogP contribution in [0.2, 0.25) is 0 Å². The molecule has 0 bridgehead atoms. The molecule has 6 rings (SSSR count). The molecule has 214 valence electrons. The minimum atomic E-state index is -3.76. The predicted octanol–water partition coefficient (Wildman–Crippen LogP) is 3.64. The van der Waals surface area contributed by atoms with Gasteiger partial charge in [0.2, 0.25) is 10.0 Å². The van der Waals surface area contributed by atoms with Gasteiger partial charge in [-0.1, -0.05) is 30.3 Å². The van der Waals surface area contributed by atoms with Crippen molar-refractivity contribution in [3.05, 3.63) is 71.3 Å². The van der Waals surface area contributed by atoms with Gasteiger partial charge >= 0.3 is 0 Å². The highest BCUT2D eigenvalue weighted by atomic mass is 32.2. The number of aliphatic imine (C=N–C) groups is 1. The van der Waals surface area contributed by atoms with Gasteiger partial charge in [-0.3, -0.25) is 4.79 Å². The summed E-state index contributed by atoms with van der Waals surface area (Å²) in [6.07, 6.45) is 3.26. The molecular weight excluding hydrogens is 562 g/mol. The summed E-state index contributed by atoms with van der Waals surface area (Å²) in [4.78, 5) is 19.9. The molecule has 3 aromatic rings. The number of thioether (sulfide) groups is 1. The molecular formula is C29H31N5O5S2. The number of amidine groups is 1. The summed E-state index contributed by atoms with van der Waals surface area (Å²) in [5, 5.41) is 5.52. The number of para-hydroxylation sites is 1. The minimum Gasteiger partial charge on any atom is -0.378 e. The van der Waals surface area contributed by atoms with Crippen molar-refractivity contribution in [3.63, 3.8) is 0 Å². The summed E-state index contributed by atoms with van der Waals surface area (Å²) < 4.78 is 41.7. The molecule has 2 unspecified atom stereocenters. The second-order valence-electron chi connectivity index (χ2n) is 10.2. The molecule has 1 amide bonds. The van der Waals surface area contributed by atoms with Crippen molar-refractivity contribution in [3.8, 4) is 16.9 Å². The fourth-order valence-electron chi connectivity index (χ4n) is 5.14. The lowest BCUT2D eigenvalue weighted by atomic mass is 10.1. The number of morpholine rings is 2. The Balaban J connectivity index is 1.37. The van der Waals surface area contributed by atoms with Gasteiger partial charge in [0.25, 0.3) is 5.91 Å². The van der Waals surface area contributed by atoms with E-state index in [1.54, 1.807) is 29.0 Å². The van der Waals surface area contributed by atoms with E-state index >= 15 is 0 Å². The highest BCUT2D eigenvalue weighted by molar-refractivity contribution is 8.18. The molecule has 2 atom stereocenters. The topological polar surface area (TPSA) is 106 Å². The van der Waals surface area contributed by atoms with E-state index in [1.807, 2.05) is 56.4 Å². The highest BCUT2D eigenvalue weighted by Crippen LogP contribution is 2.34. The number of nitrogens with zero attached hydrogens (tertiary/aromatic N) is 5. The van der Waals surface area contributed by atoms with Gasteiger partial charge in [0.1, 0.15) is 5.69 Å². The Morgan fingerprint density at radius 1 is 1.00 bits per heavy atom. The maximum absolute atomic E-state index is 13.6. The quantitative estimate of drug-likeness (QED) is 0.413. The van der Waals surface area contributed by atoms with Crippen molar-refractivity contribution in [2.45, 2.75) is 31.0 Å². The lowest BCUT2D eigenvalue weighted by Gasteiger charge is -2.34. The van der Waals surface area contributed by atoms with E-state index in [0.29, 0.717) is 66.3 Å². The molecule has 0 radical (unpaired) electrons. The van der Waals surface area contributed by atoms with Crippen LogP contribution < -0.4 is 0 Å². The summed E-state index contributed by atoms with van der Waals surface area (Å²) in [5.74, 6) is -0.304. The van der Waals surface area contributed by atoms with Gasteiger partial charge < -0.3 is 14.4 Å². The monoisotopic (exact) mass is 593 g/mol. The van der Waals surface area contributed by atoms with Crippen LogP contribution in [0.1, 0.15) is 19.4 Å². The van der Waals surface area contributed by atoms with Crippen LogP contribution in [0.4, 0.5) is 0 Å². The van der Waals surface area contributed by atoms with Crippen LogP contribution >= 0.6 is 11.8 Å². The first-order valence-electron chi connectivity index (χ1n) is 13.5. The molecule has 3 aliphatic heterocycles. The largest absolute Gasteiger partial charge is 0.378 e. The Morgan fingerprint density at radius 2 is 1.73 bits per heavy atom. The number of aromatic nitrogens is 2. The third-order valence-electron chi connectivity index (χ3n) is 7.07. The number of hydrogen-bond acceptors (Lipinski definition) is 8. The molecule has 0 aliphatic carbocycles. The van der Waals surface area contributed by atoms with Crippen molar-refractivity contribution >= 4 is 38.9 Å². The number of carbonyl (C=O) groups excluding carboxylic acids is 1. The van der Waals surface area contributed by atoms with E-state index in [9.17, 15) is 13.2 Å². The van der Waals surface area contributed by atoms with Crippen LogP contribution in [-0.4, -0.2) is 90.1 Å². The molecule has 1 aromatic heterocycles. The first-order chi connectivity index (χ1) is 19.8. The number of amides is 1. The second kappa shape index (κ2) is 11.5. The highest BCUT2D eigenvalue weighted by Gasteiger charge is 2.33. The number of sulfonamides is 1. The molecule has 2 aromatic carbocycles. The summed E-state index contributed by atoms with van der Waals surface area (Å²) in [7, 11) is -3.76. The smallest absolute Gasteiger partial charge is 0.286 e. The van der Waals surface area contributed by atoms with Crippen LogP contribution in [0.3, 0.4) is 0 Å². The van der Waals surface area contributed by atoms with Gasteiger partial charge in [0.05, 0.1) is 40.9 Å². The fraction of sp³-hybridized carbons (Fsp3) is 0.345. The Kier molecular flexibility index (Phi) is 7.84. The zero-order chi connectivity index (χ0) is 28.6. The summed E-state index contributed by atoms with van der Waals surface area (Å²) in [6.45, 7) is 6.91. The van der Waals surface area contributed by atoms with Gasteiger partial charge in [0.15, 0.2) is 5.17 Å². The van der Waals surface area contributed by atoms with Crippen molar-refractivity contribution in [1.29, 1.82) is 0 Å². The number of ether oxygens (including phenoxy) is 2. The van der Waals surface area contributed by atoms with Crippen LogP contribution in [0.5, 0.6) is 0 Å². The van der Waals surface area contributed by atoms with Crippen molar-refractivity contribution in [2.24, 2.45) is 4.99 Å². The first-order valence-corrected chi connectivity index (χ1v) is 15.8. The number of benzene rings is 2. The molecule has 12 heteroatoms. The molecule has 3 aliphatic rings. The van der Waals surface area contributed by atoms with E-state index in [1.165, 1.54) is 16.1 Å². The lowest BCUT2D eigenvalue weighted by Crippen LogP contribution is -2.48. The zero-order valence-corrected chi connectivity index (χ0v) is 24.5. The van der Waals surface area contributed by atoms with Gasteiger partial charge in [-0.2, -0.15) is 14.4 Å². The Labute approximate surface area is 243 Å². The SMILES string of the molecule is CC1CN(S(=O)(=O)c2cccc(-c3nn(-c4ccccc4)cc3/C=C3\SC(N4CCOCC4)=NC3=O)c2)CC(C)O1. The average molecular weight is 594 g/mol. The van der Waals surface area contributed by atoms with E-state index in [0.717, 1.165) is 5.69 Å². The van der Waals surface area contributed by atoms with Crippen LogP contribution in [-0.2, 0) is 24.3 Å². The maximum atomic E-state index is 13.6. The molecule has 0 saturated carbocycles. The van der Waals surface area contributed by atoms with Crippen LogP contribution in [0.25, 0.3) is 23.0 Å². The Bertz CT molecular complexity index is 1600. The average Bonchev–Trinajstić information content (AvgIpc) is 3.57. The van der Waals surface area contributed by atoms with Crippen LogP contribution in [0, 0.1) is 0 Å². The third kappa shape index (κ3) is 5.88. The summed E-state index contributed by atoms with van der Waals surface area (Å²) in [5.41, 5.74) is 2.72. The summed E-state index contributed by atoms with van der Waals surface area (Å²) in [6, 6.07) is 16.5. The standard InChI is InChI=1S/C29H31N5O5S2/c1-20-17-33(18-21(2)39-20)41(36,37)25-10-6-7-22(15-25)27-23(19-34(31-27)24-8-4-3-5-9-24)16-26-28(35)30-29(40-26)32-11-13-38-14-12-32/h3-10,15-16,19-21H,11-14,17-18H2,1-2H3/b26-16-. The van der Waals surface area contributed by atoms with Crippen molar-refractivity contribution in [1.82, 2.24) is 19.0 Å². The molecule has 10 nitrogen and oxygen atoms in total. The van der Waals surface area contributed by atoms with Crippen molar-refractivity contribution in [2.75, 3.05) is 39.4 Å². The van der Waals surface area contributed by atoms with Gasteiger partial charge in [0, 0.05) is 43.5 Å². The van der Waals surface area contributed by atoms with E-state index in [-0.39, 0.29) is 23.0 Å². The Morgan fingerprint density at radius 3 is 2.46 bits per heavy atom. The zero-order valence-electron chi connectivity index (χ0n) is 22.8. The third-order valence-corrected chi connectivity index (χ3v) is 9.94. The van der Waals surface area contributed by atoms with Crippen molar-refractivity contribution < 1.29 is 22.7 Å². The molecule has 4 heterocycles.